The number of benzene rings is 1. The number of aromatic nitrogens is 1. The van der Waals surface area contributed by atoms with E-state index in [0.29, 0.717) is 12.1 Å². The zero-order valence-corrected chi connectivity index (χ0v) is 11.2. The second-order valence-electron chi connectivity index (χ2n) is 4.73. The highest BCUT2D eigenvalue weighted by molar-refractivity contribution is 5.86. The number of nitrogens with zero attached hydrogens (tertiary/aromatic N) is 1. The van der Waals surface area contributed by atoms with E-state index in [0.717, 1.165) is 11.9 Å². The summed E-state index contributed by atoms with van der Waals surface area (Å²) in [7, 11) is 0. The van der Waals surface area contributed by atoms with Crippen molar-refractivity contribution in [1.29, 1.82) is 0 Å². The lowest BCUT2D eigenvalue weighted by molar-refractivity contribution is 0.0660. The molecule has 0 atom stereocenters. The Morgan fingerprint density at radius 1 is 1.25 bits per heavy atom. The van der Waals surface area contributed by atoms with Crippen LogP contribution in [0.25, 0.3) is 10.9 Å². The van der Waals surface area contributed by atoms with Gasteiger partial charge in [0.15, 0.2) is 0 Å². The van der Waals surface area contributed by atoms with Gasteiger partial charge in [-0.3, -0.25) is 0 Å². The Morgan fingerprint density at radius 2 is 2.10 bits per heavy atom. The molecule has 0 aliphatic carbocycles. The number of carboxylic acid groups (broad SMARTS) is 1. The number of hydrogen-bond donors (Lipinski definition) is 1. The first-order valence-corrected chi connectivity index (χ1v) is 6.57. The molecule has 3 aromatic rings. The van der Waals surface area contributed by atoms with Crippen LogP contribution in [0.4, 0.5) is 0 Å². The number of carbonyl (C=O) groups is 1. The average molecular weight is 269 g/mol. The Kier molecular flexibility index (Phi) is 3.06. The Bertz CT molecular complexity index is 767. The molecular weight excluding hydrogens is 254 g/mol. The van der Waals surface area contributed by atoms with Gasteiger partial charge in [-0.1, -0.05) is 25.1 Å². The molecule has 3 rings (SSSR count). The topological polar surface area (TPSA) is 55.4 Å². The second-order valence-corrected chi connectivity index (χ2v) is 4.73. The van der Waals surface area contributed by atoms with E-state index < -0.39 is 5.97 Å². The van der Waals surface area contributed by atoms with Crippen molar-refractivity contribution in [3.63, 3.8) is 0 Å². The van der Waals surface area contributed by atoms with Crippen LogP contribution in [0, 0.1) is 0 Å². The maximum Gasteiger partial charge on any atom is 0.372 e. The Labute approximate surface area is 116 Å². The fraction of sp³-hybridized carbons (Fsp3) is 0.188. The van der Waals surface area contributed by atoms with Gasteiger partial charge < -0.3 is 14.1 Å². The summed E-state index contributed by atoms with van der Waals surface area (Å²) in [6, 6.07) is 9.98. The third-order valence-corrected chi connectivity index (χ3v) is 3.53. The predicted octanol–water partition coefficient (Wildman–Crippen LogP) is 3.54. The first-order valence-electron chi connectivity index (χ1n) is 6.57. The number of fused-ring (bicyclic) bond motifs is 1. The van der Waals surface area contributed by atoms with Gasteiger partial charge in [0.2, 0.25) is 5.76 Å². The van der Waals surface area contributed by atoms with Crippen LogP contribution in [0.5, 0.6) is 0 Å². The molecule has 1 N–H and O–H groups in total. The molecule has 0 fully saturated rings. The molecule has 0 aliphatic rings. The second kappa shape index (κ2) is 4.89. The van der Waals surface area contributed by atoms with E-state index >= 15 is 0 Å². The van der Waals surface area contributed by atoms with E-state index in [-0.39, 0.29) is 5.76 Å². The molecule has 4 nitrogen and oxygen atoms in total. The molecule has 4 heteroatoms. The quantitative estimate of drug-likeness (QED) is 0.788. The van der Waals surface area contributed by atoms with Crippen molar-refractivity contribution in [2.45, 2.75) is 19.9 Å². The summed E-state index contributed by atoms with van der Waals surface area (Å²) in [6.07, 6.45) is 4.35. The van der Waals surface area contributed by atoms with Crippen LogP contribution >= 0.6 is 0 Å². The maximum absolute atomic E-state index is 11.1. The van der Waals surface area contributed by atoms with Gasteiger partial charge in [-0.2, -0.15) is 0 Å². The van der Waals surface area contributed by atoms with Crippen molar-refractivity contribution in [3.05, 3.63) is 59.7 Å². The minimum Gasteiger partial charge on any atom is -0.475 e. The predicted molar refractivity (Wildman–Crippen MR) is 76.1 cm³/mol. The number of furan rings is 1. The van der Waals surface area contributed by atoms with Gasteiger partial charge in [0.1, 0.15) is 0 Å². The first kappa shape index (κ1) is 12.5. The molecule has 0 radical (unpaired) electrons. The average Bonchev–Trinajstić information content (AvgIpc) is 3.06. The third kappa shape index (κ3) is 1.99. The zero-order chi connectivity index (χ0) is 14.1. The largest absolute Gasteiger partial charge is 0.475 e. The van der Waals surface area contributed by atoms with Crippen LogP contribution in [-0.4, -0.2) is 15.6 Å². The van der Waals surface area contributed by atoms with E-state index in [1.807, 2.05) is 12.3 Å². The van der Waals surface area contributed by atoms with Gasteiger partial charge in [-0.15, -0.1) is 0 Å². The number of carboxylic acids is 1. The van der Waals surface area contributed by atoms with Gasteiger partial charge in [0.25, 0.3) is 0 Å². The van der Waals surface area contributed by atoms with Crippen LogP contribution in [0.2, 0.25) is 0 Å². The van der Waals surface area contributed by atoms with Crippen LogP contribution < -0.4 is 0 Å². The molecule has 0 bridgehead atoms. The normalized spacial score (nSPS) is 11.1. The minimum atomic E-state index is -1.03. The summed E-state index contributed by atoms with van der Waals surface area (Å²) in [5, 5.41) is 10.3. The fourth-order valence-corrected chi connectivity index (χ4v) is 2.59. The summed E-state index contributed by atoms with van der Waals surface area (Å²) in [5.41, 5.74) is 3.10. The summed E-state index contributed by atoms with van der Waals surface area (Å²) in [6.45, 7) is 2.62. The molecule has 2 heterocycles. The van der Waals surface area contributed by atoms with Crippen molar-refractivity contribution >= 4 is 16.9 Å². The number of aromatic carboxylic acids is 1. The molecule has 0 unspecified atom stereocenters. The standard InChI is InChI=1S/C16H15NO3/c1-2-11-4-3-5-12-6-8-17(14(11)12)10-13-7-9-20-15(13)16(18)19/h3-9H,2,10H2,1H3,(H,18,19). The molecule has 0 saturated carbocycles. The molecule has 102 valence electrons. The van der Waals surface area contributed by atoms with E-state index in [1.165, 1.54) is 17.2 Å². The highest BCUT2D eigenvalue weighted by Gasteiger charge is 2.15. The Morgan fingerprint density at radius 3 is 2.85 bits per heavy atom. The van der Waals surface area contributed by atoms with Crippen LogP contribution in [0.1, 0.15) is 28.6 Å². The monoisotopic (exact) mass is 269 g/mol. The molecule has 0 saturated heterocycles. The summed E-state index contributed by atoms with van der Waals surface area (Å²) in [4.78, 5) is 11.1. The highest BCUT2D eigenvalue weighted by atomic mass is 16.4. The molecule has 20 heavy (non-hydrogen) atoms. The van der Waals surface area contributed by atoms with Crippen LogP contribution in [0.3, 0.4) is 0 Å². The van der Waals surface area contributed by atoms with Crippen molar-refractivity contribution in [2.24, 2.45) is 0 Å². The number of rotatable bonds is 4. The lowest BCUT2D eigenvalue weighted by Gasteiger charge is -2.08. The van der Waals surface area contributed by atoms with Gasteiger partial charge in [-0.25, -0.2) is 4.79 Å². The van der Waals surface area contributed by atoms with E-state index in [1.54, 1.807) is 6.07 Å². The number of para-hydroxylation sites is 1. The minimum absolute atomic E-state index is 0.0147. The van der Waals surface area contributed by atoms with Gasteiger partial charge >= 0.3 is 5.97 Å². The van der Waals surface area contributed by atoms with Gasteiger partial charge in [0.05, 0.1) is 18.3 Å². The SMILES string of the molecule is CCc1cccc2ccn(Cc3ccoc3C(=O)O)c12. The first-order chi connectivity index (χ1) is 9.70. The molecular formula is C16H15NO3. The Hall–Kier alpha value is -2.49. The third-order valence-electron chi connectivity index (χ3n) is 3.53. The van der Waals surface area contributed by atoms with Gasteiger partial charge in [-0.05, 0) is 29.5 Å². The molecule has 2 aromatic heterocycles. The van der Waals surface area contributed by atoms with E-state index in [2.05, 4.69) is 29.7 Å². The van der Waals surface area contributed by atoms with Crippen LogP contribution in [-0.2, 0) is 13.0 Å². The molecule has 0 spiro atoms. The highest BCUT2D eigenvalue weighted by Crippen LogP contribution is 2.23. The molecule has 0 aliphatic heterocycles. The van der Waals surface area contributed by atoms with Crippen molar-refractivity contribution in [1.82, 2.24) is 4.57 Å². The van der Waals surface area contributed by atoms with E-state index in [4.69, 9.17) is 9.52 Å². The summed E-state index contributed by atoms with van der Waals surface area (Å²) < 4.78 is 7.11. The lowest BCUT2D eigenvalue weighted by atomic mass is 10.1. The molecule has 0 amide bonds. The van der Waals surface area contributed by atoms with Gasteiger partial charge in [0, 0.05) is 11.8 Å². The summed E-state index contributed by atoms with van der Waals surface area (Å²) in [5.74, 6) is -1.02. The Balaban J connectivity index is 2.07. The van der Waals surface area contributed by atoms with Crippen LogP contribution in [0.15, 0.2) is 47.2 Å². The van der Waals surface area contributed by atoms with Crippen molar-refractivity contribution in [3.8, 4) is 0 Å². The lowest BCUT2D eigenvalue weighted by Crippen LogP contribution is -2.04. The smallest absolute Gasteiger partial charge is 0.372 e. The molecule has 1 aromatic carbocycles. The van der Waals surface area contributed by atoms with E-state index in [9.17, 15) is 4.79 Å². The zero-order valence-electron chi connectivity index (χ0n) is 11.2. The maximum atomic E-state index is 11.1. The van der Waals surface area contributed by atoms with Crippen molar-refractivity contribution < 1.29 is 14.3 Å². The fourth-order valence-electron chi connectivity index (χ4n) is 2.59. The number of hydrogen-bond acceptors (Lipinski definition) is 2. The number of aryl methyl sites for hydroxylation is 1. The van der Waals surface area contributed by atoms with Crippen molar-refractivity contribution in [2.75, 3.05) is 0 Å². The summed E-state index contributed by atoms with van der Waals surface area (Å²) >= 11 is 0.